The third-order valence-electron chi connectivity index (χ3n) is 0.268. The number of carbonyl (C=O) groups is 1. The van der Waals surface area contributed by atoms with Crippen LogP contribution in [0.1, 0.15) is 6.92 Å². The van der Waals surface area contributed by atoms with Gasteiger partial charge in [0.1, 0.15) is 0 Å². The normalized spacial score (nSPS) is 5.78. The van der Waals surface area contributed by atoms with E-state index >= 15 is 0 Å². The molecule has 0 saturated carbocycles. The lowest BCUT2D eigenvalue weighted by atomic mass is 10.9. The summed E-state index contributed by atoms with van der Waals surface area (Å²) in [4.78, 5) is 9.38. The topological polar surface area (TPSA) is 96.3 Å². The van der Waals surface area contributed by atoms with Crippen molar-refractivity contribution in [2.75, 3.05) is 6.61 Å². The summed E-state index contributed by atoms with van der Waals surface area (Å²) < 4.78 is 3.96. The van der Waals surface area contributed by atoms with Crippen molar-refractivity contribution in [3.05, 3.63) is 0 Å². The van der Waals surface area contributed by atoms with Crippen LogP contribution in [0, 0.1) is 11.5 Å². The van der Waals surface area contributed by atoms with Gasteiger partial charge in [-0.1, -0.05) is 0 Å². The number of ether oxygens (including phenoxy) is 1. The molecule has 5 nitrogen and oxygen atoms in total. The van der Waals surface area contributed by atoms with Gasteiger partial charge in [0.05, 0.1) is 6.61 Å². The molecule has 52 valence electrons. The monoisotopic (exact) mass is 132 g/mol. The van der Waals surface area contributed by atoms with Gasteiger partial charge in [0, 0.05) is 0 Å². The van der Waals surface area contributed by atoms with E-state index < -0.39 is 6.16 Å². The Bertz CT molecular complexity index is 107. The number of hydrogen-bond acceptors (Lipinski definition) is 4. The standard InChI is InChI=1S/C3H6O3.CH2N2/c1-2-6-3(4)5;2-1-3/h2H2,1H3,(H,4,5);2H2. The maximum atomic E-state index is 9.38. The van der Waals surface area contributed by atoms with Crippen molar-refractivity contribution >= 4 is 6.16 Å². The molecule has 5 heteroatoms. The van der Waals surface area contributed by atoms with Crippen molar-refractivity contribution in [3.63, 3.8) is 0 Å². The van der Waals surface area contributed by atoms with Crippen LogP contribution in [0.25, 0.3) is 0 Å². The first kappa shape index (κ1) is 10.5. The number of hydrogen-bond donors (Lipinski definition) is 2. The van der Waals surface area contributed by atoms with Crippen LogP contribution in [0.2, 0.25) is 0 Å². The smallest absolute Gasteiger partial charge is 0.450 e. The molecule has 9 heavy (non-hydrogen) atoms. The maximum Gasteiger partial charge on any atom is 0.505 e. The summed E-state index contributed by atoms with van der Waals surface area (Å²) in [5, 5.41) is 14.8. The van der Waals surface area contributed by atoms with Crippen LogP contribution in [0.3, 0.4) is 0 Å². The van der Waals surface area contributed by atoms with Gasteiger partial charge in [-0.3, -0.25) is 0 Å². The Labute approximate surface area is 52.6 Å². The highest BCUT2D eigenvalue weighted by atomic mass is 16.7. The fourth-order valence-corrected chi connectivity index (χ4v) is 0.123. The second kappa shape index (κ2) is 9.75. The van der Waals surface area contributed by atoms with Gasteiger partial charge in [0.15, 0.2) is 6.19 Å². The van der Waals surface area contributed by atoms with Crippen molar-refractivity contribution in [2.24, 2.45) is 5.73 Å². The largest absolute Gasteiger partial charge is 0.505 e. The molecule has 0 aromatic rings. The lowest BCUT2D eigenvalue weighted by Gasteiger charge is -1.87. The highest BCUT2D eigenvalue weighted by Gasteiger charge is 1.86. The van der Waals surface area contributed by atoms with E-state index in [0.29, 0.717) is 0 Å². The molecule has 0 amide bonds. The van der Waals surface area contributed by atoms with Crippen LogP contribution in [0.4, 0.5) is 4.79 Å². The Kier molecular flexibility index (Phi) is 11.4. The first-order chi connectivity index (χ1) is 4.18. The molecule has 3 N–H and O–H groups in total. The van der Waals surface area contributed by atoms with Gasteiger partial charge in [-0.2, -0.15) is 5.26 Å². The van der Waals surface area contributed by atoms with Gasteiger partial charge in [-0.05, 0) is 6.92 Å². The van der Waals surface area contributed by atoms with E-state index in [1.807, 2.05) is 0 Å². The second-order valence-electron chi connectivity index (χ2n) is 0.828. The Hall–Kier alpha value is -1.44. The summed E-state index contributed by atoms with van der Waals surface area (Å²) in [6.45, 7) is 1.85. The van der Waals surface area contributed by atoms with E-state index in [1.165, 1.54) is 6.19 Å². The van der Waals surface area contributed by atoms with E-state index in [4.69, 9.17) is 10.4 Å². The zero-order chi connectivity index (χ0) is 7.70. The Morgan fingerprint density at radius 1 is 2.00 bits per heavy atom. The number of rotatable bonds is 1. The van der Waals surface area contributed by atoms with Gasteiger partial charge in [-0.25, -0.2) is 4.79 Å². The fourth-order valence-electron chi connectivity index (χ4n) is 0.123. The van der Waals surface area contributed by atoms with E-state index in [9.17, 15) is 4.79 Å². The summed E-state index contributed by atoms with van der Waals surface area (Å²) in [6, 6.07) is 0. The fraction of sp³-hybridized carbons (Fsp3) is 0.500. The number of nitrogens with zero attached hydrogens (tertiary/aromatic N) is 1. The molecule has 0 heterocycles. The minimum atomic E-state index is -1.21. The summed E-state index contributed by atoms with van der Waals surface area (Å²) >= 11 is 0. The molecular weight excluding hydrogens is 124 g/mol. The molecule has 0 rings (SSSR count). The van der Waals surface area contributed by atoms with Crippen LogP contribution < -0.4 is 5.73 Å². The van der Waals surface area contributed by atoms with E-state index in [-0.39, 0.29) is 6.61 Å². The third-order valence-corrected chi connectivity index (χ3v) is 0.268. The lowest BCUT2D eigenvalue weighted by molar-refractivity contribution is 0.0966. The van der Waals surface area contributed by atoms with E-state index in [2.05, 4.69) is 10.5 Å². The molecular formula is C4H8N2O3. The predicted octanol–water partition coefficient (Wildman–Crippen LogP) is 0.127. The average molecular weight is 132 g/mol. The van der Waals surface area contributed by atoms with Crippen LogP contribution in [-0.4, -0.2) is 17.9 Å². The van der Waals surface area contributed by atoms with Gasteiger partial charge in [-0.15, -0.1) is 0 Å². The molecule has 0 aromatic heterocycles. The van der Waals surface area contributed by atoms with E-state index in [1.54, 1.807) is 6.92 Å². The number of nitrogens with two attached hydrogens (primary N) is 1. The highest BCUT2D eigenvalue weighted by Crippen LogP contribution is 1.69. The zero-order valence-corrected chi connectivity index (χ0v) is 5.00. The predicted molar refractivity (Wildman–Crippen MR) is 29.5 cm³/mol. The van der Waals surface area contributed by atoms with Gasteiger partial charge >= 0.3 is 6.16 Å². The van der Waals surface area contributed by atoms with Crippen LogP contribution >= 0.6 is 0 Å². The Balaban J connectivity index is 0. The molecule has 0 aliphatic rings. The van der Waals surface area contributed by atoms with Gasteiger partial charge in [0.25, 0.3) is 0 Å². The summed E-state index contributed by atoms with van der Waals surface area (Å²) in [6.07, 6.45) is 0.0394. The minimum absolute atomic E-state index is 0.231. The molecule has 0 atom stereocenters. The van der Waals surface area contributed by atoms with Gasteiger partial charge < -0.3 is 15.6 Å². The number of carboxylic acid groups (broad SMARTS) is 1. The van der Waals surface area contributed by atoms with Crippen molar-refractivity contribution in [3.8, 4) is 6.19 Å². The average Bonchev–Trinajstić information content (AvgIpc) is 1.67. The maximum absolute atomic E-state index is 9.38. The highest BCUT2D eigenvalue weighted by molar-refractivity contribution is 5.56. The van der Waals surface area contributed by atoms with Crippen molar-refractivity contribution in [1.82, 2.24) is 0 Å². The minimum Gasteiger partial charge on any atom is -0.450 e. The molecule has 0 bridgehead atoms. The first-order valence-corrected chi connectivity index (χ1v) is 2.14. The van der Waals surface area contributed by atoms with Crippen LogP contribution in [0.15, 0.2) is 0 Å². The quantitative estimate of drug-likeness (QED) is 0.300. The lowest BCUT2D eigenvalue weighted by Crippen LogP contribution is -1.97. The Morgan fingerprint density at radius 2 is 2.33 bits per heavy atom. The summed E-state index contributed by atoms with van der Waals surface area (Å²) in [5.74, 6) is 0. The molecule has 0 spiro atoms. The second-order valence-corrected chi connectivity index (χ2v) is 0.828. The van der Waals surface area contributed by atoms with E-state index in [0.717, 1.165) is 0 Å². The molecule has 0 aliphatic carbocycles. The zero-order valence-electron chi connectivity index (χ0n) is 5.00. The first-order valence-electron chi connectivity index (χ1n) is 2.14. The summed E-state index contributed by atoms with van der Waals surface area (Å²) in [5.41, 5.74) is 4.15. The molecule has 0 unspecified atom stereocenters. The third kappa shape index (κ3) is 56.1. The molecule has 0 aliphatic heterocycles. The molecule has 0 fully saturated rings. The molecule has 0 aromatic carbocycles. The van der Waals surface area contributed by atoms with Crippen molar-refractivity contribution in [2.45, 2.75) is 6.92 Å². The number of nitriles is 1. The SMILES string of the molecule is CCOC(=O)O.N#CN. The molecule has 0 radical (unpaired) electrons. The molecule has 0 saturated heterocycles. The van der Waals surface area contributed by atoms with Gasteiger partial charge in [0.2, 0.25) is 0 Å². The van der Waals surface area contributed by atoms with Crippen LogP contribution in [0.5, 0.6) is 0 Å². The van der Waals surface area contributed by atoms with Crippen molar-refractivity contribution < 1.29 is 14.6 Å². The van der Waals surface area contributed by atoms with Crippen LogP contribution in [-0.2, 0) is 4.74 Å². The van der Waals surface area contributed by atoms with Crippen molar-refractivity contribution in [1.29, 1.82) is 5.26 Å². The Morgan fingerprint density at radius 3 is 2.33 bits per heavy atom. The summed E-state index contributed by atoms with van der Waals surface area (Å²) in [7, 11) is 0.